The second-order valence-electron chi connectivity index (χ2n) is 3.86. The van der Waals surface area contributed by atoms with Gasteiger partial charge < -0.3 is 5.11 Å². The van der Waals surface area contributed by atoms with Crippen LogP contribution >= 0.6 is 11.3 Å². The van der Waals surface area contributed by atoms with E-state index in [1.54, 1.807) is 24.3 Å². The maximum absolute atomic E-state index is 12.2. The zero-order valence-corrected chi connectivity index (χ0v) is 9.78. The van der Waals surface area contributed by atoms with Crippen LogP contribution in [0.2, 0.25) is 0 Å². The highest BCUT2D eigenvalue weighted by molar-refractivity contribution is 7.16. The van der Waals surface area contributed by atoms with E-state index < -0.39 is 5.97 Å². The fourth-order valence-electron chi connectivity index (χ4n) is 1.98. The van der Waals surface area contributed by atoms with E-state index in [1.807, 2.05) is 0 Å². The molecule has 0 aliphatic heterocycles. The number of carboxylic acid groups (broad SMARTS) is 1. The van der Waals surface area contributed by atoms with Gasteiger partial charge >= 0.3 is 5.97 Å². The smallest absolute Gasteiger partial charge is 0.345 e. The molecule has 5 heteroatoms. The van der Waals surface area contributed by atoms with Crippen molar-refractivity contribution in [3.63, 3.8) is 0 Å². The molecule has 18 heavy (non-hydrogen) atoms. The molecule has 4 nitrogen and oxygen atoms in total. The van der Waals surface area contributed by atoms with Gasteiger partial charge in [-0.05, 0) is 6.07 Å². The Morgan fingerprint density at radius 3 is 2.22 bits per heavy atom. The summed E-state index contributed by atoms with van der Waals surface area (Å²) >= 11 is 0.849. The van der Waals surface area contributed by atoms with Gasteiger partial charge in [0.1, 0.15) is 4.88 Å². The fourth-order valence-corrected chi connectivity index (χ4v) is 2.93. The Hall–Kier alpha value is -2.27. The molecule has 0 unspecified atom stereocenters. The third kappa shape index (κ3) is 1.34. The molecule has 0 atom stereocenters. The molecule has 0 bridgehead atoms. The Bertz CT molecular complexity index is 659. The summed E-state index contributed by atoms with van der Waals surface area (Å²) in [5.41, 5.74) is 0.875. The number of ketones is 2. The van der Waals surface area contributed by atoms with E-state index in [-0.39, 0.29) is 26.9 Å². The van der Waals surface area contributed by atoms with Crippen LogP contribution in [0.4, 0.5) is 0 Å². The van der Waals surface area contributed by atoms with Crippen molar-refractivity contribution < 1.29 is 19.5 Å². The van der Waals surface area contributed by atoms with Gasteiger partial charge in [0.25, 0.3) is 0 Å². The van der Waals surface area contributed by atoms with Crippen molar-refractivity contribution in [1.29, 1.82) is 0 Å². The number of carbonyl (C=O) groups is 3. The molecule has 1 aromatic heterocycles. The highest BCUT2D eigenvalue weighted by atomic mass is 32.1. The van der Waals surface area contributed by atoms with E-state index in [9.17, 15) is 14.4 Å². The van der Waals surface area contributed by atoms with Gasteiger partial charge in [-0.2, -0.15) is 0 Å². The van der Waals surface area contributed by atoms with Crippen molar-refractivity contribution >= 4 is 28.9 Å². The Balaban J connectivity index is 2.27. The number of benzene rings is 1. The van der Waals surface area contributed by atoms with Crippen LogP contribution in [0.1, 0.15) is 40.8 Å². The predicted octanol–water partition coefficient (Wildman–Crippen LogP) is 2.22. The molecule has 0 amide bonds. The van der Waals surface area contributed by atoms with Gasteiger partial charge in [0.15, 0.2) is 5.78 Å². The van der Waals surface area contributed by atoms with E-state index in [0.29, 0.717) is 11.1 Å². The van der Waals surface area contributed by atoms with E-state index in [0.717, 1.165) is 11.3 Å². The number of carbonyl (C=O) groups excluding carboxylic acids is 2. The third-order valence-electron chi connectivity index (χ3n) is 2.81. The van der Waals surface area contributed by atoms with Gasteiger partial charge in [-0.3, -0.25) is 9.59 Å². The summed E-state index contributed by atoms with van der Waals surface area (Å²) in [7, 11) is 0. The number of hydrogen-bond acceptors (Lipinski definition) is 4. The Kier molecular flexibility index (Phi) is 2.18. The summed E-state index contributed by atoms with van der Waals surface area (Å²) in [6.07, 6.45) is 0. The molecule has 0 radical (unpaired) electrons. The minimum absolute atomic E-state index is 0.00880. The van der Waals surface area contributed by atoms with Crippen LogP contribution < -0.4 is 0 Å². The molecule has 1 N–H and O–H groups in total. The monoisotopic (exact) mass is 258 g/mol. The lowest BCUT2D eigenvalue weighted by Gasteiger charge is -2.12. The van der Waals surface area contributed by atoms with Crippen LogP contribution in [0.15, 0.2) is 30.3 Å². The van der Waals surface area contributed by atoms with Crippen LogP contribution in [0, 0.1) is 0 Å². The number of rotatable bonds is 1. The summed E-state index contributed by atoms with van der Waals surface area (Å²) in [4.78, 5) is 35.4. The molecule has 0 saturated carbocycles. The van der Waals surface area contributed by atoms with Gasteiger partial charge in [-0.25, -0.2) is 4.79 Å². The molecule has 0 saturated heterocycles. The highest BCUT2D eigenvalue weighted by Crippen LogP contribution is 2.33. The van der Waals surface area contributed by atoms with E-state index in [2.05, 4.69) is 0 Å². The molecule has 1 heterocycles. The normalized spacial score (nSPS) is 13.1. The maximum Gasteiger partial charge on any atom is 0.345 e. The van der Waals surface area contributed by atoms with Gasteiger partial charge in [0, 0.05) is 16.7 Å². The first-order valence-corrected chi connectivity index (χ1v) is 5.97. The van der Waals surface area contributed by atoms with Gasteiger partial charge in [-0.1, -0.05) is 24.3 Å². The number of fused-ring (bicyclic) bond motifs is 2. The molecule has 88 valence electrons. The highest BCUT2D eigenvalue weighted by Gasteiger charge is 2.32. The first kappa shape index (κ1) is 10.9. The third-order valence-corrected chi connectivity index (χ3v) is 3.93. The van der Waals surface area contributed by atoms with Crippen molar-refractivity contribution in [2.24, 2.45) is 0 Å². The average molecular weight is 258 g/mol. The molecular weight excluding hydrogens is 252 g/mol. The predicted molar refractivity (Wildman–Crippen MR) is 64.6 cm³/mol. The molecule has 1 aromatic carbocycles. The topological polar surface area (TPSA) is 71.4 Å². The molecule has 1 aliphatic rings. The Morgan fingerprint density at radius 2 is 1.61 bits per heavy atom. The van der Waals surface area contributed by atoms with Crippen LogP contribution in [-0.4, -0.2) is 22.6 Å². The van der Waals surface area contributed by atoms with Gasteiger partial charge in [0.05, 0.1) is 4.88 Å². The van der Waals surface area contributed by atoms with E-state index >= 15 is 0 Å². The molecular formula is C13H6O4S. The quantitative estimate of drug-likeness (QED) is 0.726. The zero-order valence-electron chi connectivity index (χ0n) is 8.97. The molecule has 0 fully saturated rings. The Labute approximate surface area is 105 Å². The molecule has 3 rings (SSSR count). The lowest BCUT2D eigenvalue weighted by molar-refractivity contribution is 0.0702. The van der Waals surface area contributed by atoms with Crippen molar-refractivity contribution in [2.75, 3.05) is 0 Å². The molecule has 2 aromatic rings. The van der Waals surface area contributed by atoms with Gasteiger partial charge in [-0.15, -0.1) is 11.3 Å². The van der Waals surface area contributed by atoms with Crippen molar-refractivity contribution in [3.8, 4) is 0 Å². The van der Waals surface area contributed by atoms with Crippen LogP contribution in [0.5, 0.6) is 0 Å². The largest absolute Gasteiger partial charge is 0.477 e. The van der Waals surface area contributed by atoms with E-state index in [1.165, 1.54) is 6.07 Å². The van der Waals surface area contributed by atoms with E-state index in [4.69, 9.17) is 5.11 Å². The van der Waals surface area contributed by atoms with Crippen LogP contribution in [-0.2, 0) is 0 Å². The SMILES string of the molecule is O=C(O)c1cc2c(s1)C(=O)c1ccccc1C2=O. The first-order chi connectivity index (χ1) is 8.59. The van der Waals surface area contributed by atoms with Crippen molar-refractivity contribution in [3.05, 3.63) is 56.8 Å². The molecule has 0 spiro atoms. The number of hydrogen-bond donors (Lipinski definition) is 1. The minimum Gasteiger partial charge on any atom is -0.477 e. The first-order valence-electron chi connectivity index (χ1n) is 5.15. The van der Waals surface area contributed by atoms with Crippen LogP contribution in [0.3, 0.4) is 0 Å². The second-order valence-corrected chi connectivity index (χ2v) is 4.91. The van der Waals surface area contributed by atoms with Crippen LogP contribution in [0.25, 0.3) is 0 Å². The lowest BCUT2D eigenvalue weighted by atomic mass is 9.89. The summed E-state index contributed by atoms with van der Waals surface area (Å²) in [5, 5.41) is 8.91. The average Bonchev–Trinajstić information content (AvgIpc) is 2.81. The number of carboxylic acids is 1. The molecule has 1 aliphatic carbocycles. The Morgan fingerprint density at radius 1 is 1.00 bits per heavy atom. The fraction of sp³-hybridized carbons (Fsp3) is 0. The summed E-state index contributed by atoms with van der Waals surface area (Å²) < 4.78 is 0. The lowest BCUT2D eigenvalue weighted by Crippen LogP contribution is -2.18. The van der Waals surface area contributed by atoms with Crippen molar-refractivity contribution in [2.45, 2.75) is 0 Å². The maximum atomic E-state index is 12.2. The summed E-state index contributed by atoms with van der Waals surface area (Å²) in [6, 6.07) is 7.80. The second kappa shape index (κ2) is 3.61. The minimum atomic E-state index is -1.13. The summed E-state index contributed by atoms with van der Waals surface area (Å²) in [6.45, 7) is 0. The number of thiophene rings is 1. The summed E-state index contributed by atoms with van der Waals surface area (Å²) in [5.74, 6) is -1.69. The van der Waals surface area contributed by atoms with Gasteiger partial charge in [0.2, 0.25) is 5.78 Å². The number of aromatic carboxylic acids is 1. The van der Waals surface area contributed by atoms with Crippen molar-refractivity contribution in [1.82, 2.24) is 0 Å². The zero-order chi connectivity index (χ0) is 12.9. The standard InChI is InChI=1S/C13H6O4S/c14-10-6-3-1-2-4-7(6)11(15)12-8(10)5-9(18-12)13(16)17/h1-5H,(H,16,17).